The van der Waals surface area contributed by atoms with E-state index in [-0.39, 0.29) is 22.7 Å². The van der Waals surface area contributed by atoms with Crippen LogP contribution >= 0.6 is 11.5 Å². The molecule has 2 fully saturated rings. The molecule has 32 heavy (non-hydrogen) atoms. The Balaban J connectivity index is 1.44. The molecule has 1 aromatic heterocycles. The van der Waals surface area contributed by atoms with Crippen molar-refractivity contribution < 1.29 is 4.79 Å². The van der Waals surface area contributed by atoms with Crippen molar-refractivity contribution in [2.45, 2.75) is 91.9 Å². The van der Waals surface area contributed by atoms with Gasteiger partial charge in [-0.25, -0.2) is 0 Å². The number of rotatable bonds is 4. The van der Waals surface area contributed by atoms with Crippen molar-refractivity contribution in [3.8, 4) is 0 Å². The molecule has 4 aliphatic carbocycles. The van der Waals surface area contributed by atoms with E-state index in [1.165, 1.54) is 42.7 Å². The minimum Gasteiger partial charge on any atom is -0.356 e. The number of carbonyl (C=O) groups is 1. The second kappa shape index (κ2) is 7.65. The summed E-state index contributed by atoms with van der Waals surface area (Å²) in [7, 11) is 0. The van der Waals surface area contributed by atoms with E-state index >= 15 is 0 Å². The molecular formula is C27H41N3OS. The van der Waals surface area contributed by atoms with Crippen LogP contribution in [0.3, 0.4) is 0 Å². The first-order valence-corrected chi connectivity index (χ1v) is 13.7. The van der Waals surface area contributed by atoms with Gasteiger partial charge in [-0.3, -0.25) is 4.79 Å². The summed E-state index contributed by atoms with van der Waals surface area (Å²) in [4.78, 5) is 14.3. The first kappa shape index (κ1) is 22.6. The molecule has 0 aromatic carbocycles. The van der Waals surface area contributed by atoms with Crippen LogP contribution in [0.25, 0.3) is 0 Å². The Hall–Kier alpha value is -1.23. The van der Waals surface area contributed by atoms with Crippen molar-refractivity contribution >= 4 is 17.4 Å². The van der Waals surface area contributed by atoms with E-state index in [1.54, 1.807) is 17.1 Å². The number of aromatic nitrogens is 2. The van der Waals surface area contributed by atoms with Crippen LogP contribution in [0.1, 0.15) is 90.6 Å². The Morgan fingerprint density at radius 3 is 2.75 bits per heavy atom. The number of nitrogens with zero attached hydrogens (tertiary/aromatic N) is 2. The van der Waals surface area contributed by atoms with Crippen LogP contribution in [0.2, 0.25) is 0 Å². The van der Waals surface area contributed by atoms with Crippen molar-refractivity contribution in [1.82, 2.24) is 14.9 Å². The fraction of sp³-hybridized carbons (Fsp3) is 0.815. The average molecular weight is 456 g/mol. The maximum Gasteiger partial charge on any atom is 0.223 e. The molecule has 0 radical (unpaired) electrons. The first-order valence-electron chi connectivity index (χ1n) is 12.9. The number of nitrogens with one attached hydrogen (secondary N) is 1. The summed E-state index contributed by atoms with van der Waals surface area (Å²) < 4.78 is 4.35. The van der Waals surface area contributed by atoms with E-state index < -0.39 is 0 Å². The zero-order chi connectivity index (χ0) is 22.9. The van der Waals surface area contributed by atoms with Gasteiger partial charge in [0.15, 0.2) is 0 Å². The highest BCUT2D eigenvalue weighted by atomic mass is 32.1. The Bertz CT molecular complexity index is 935. The monoisotopic (exact) mass is 455 g/mol. The number of allylic oxidation sites excluding steroid dienone is 2. The van der Waals surface area contributed by atoms with E-state index in [2.05, 4.69) is 62.5 Å². The van der Waals surface area contributed by atoms with Crippen molar-refractivity contribution in [2.75, 3.05) is 6.54 Å². The fourth-order valence-corrected chi connectivity index (χ4v) is 9.97. The van der Waals surface area contributed by atoms with Crippen molar-refractivity contribution in [2.24, 2.45) is 40.4 Å². The maximum atomic E-state index is 12.9. The lowest BCUT2D eigenvalue weighted by atomic mass is 9.45. The molecule has 4 aliphatic rings. The van der Waals surface area contributed by atoms with Crippen LogP contribution < -0.4 is 5.32 Å². The van der Waals surface area contributed by atoms with Gasteiger partial charge in [0.05, 0.1) is 10.6 Å². The van der Waals surface area contributed by atoms with Crippen molar-refractivity contribution in [1.29, 1.82) is 0 Å². The van der Waals surface area contributed by atoms with Crippen LogP contribution in [0.4, 0.5) is 0 Å². The van der Waals surface area contributed by atoms with Crippen LogP contribution in [0, 0.1) is 40.4 Å². The van der Waals surface area contributed by atoms with E-state index in [9.17, 15) is 4.79 Å². The summed E-state index contributed by atoms with van der Waals surface area (Å²) in [6.45, 7) is 14.9. The number of carbonyl (C=O) groups excluding carboxylic acids is 1. The molecule has 1 aromatic rings. The largest absolute Gasteiger partial charge is 0.356 e. The van der Waals surface area contributed by atoms with Gasteiger partial charge in [-0.1, -0.05) is 57.7 Å². The molecule has 2 saturated carbocycles. The minimum absolute atomic E-state index is 0.00878. The second-order valence-corrected chi connectivity index (χ2v) is 13.1. The predicted molar refractivity (Wildman–Crippen MR) is 130 cm³/mol. The predicted octanol–water partition coefficient (Wildman–Crippen LogP) is 5.93. The van der Waals surface area contributed by atoms with Gasteiger partial charge >= 0.3 is 0 Å². The van der Waals surface area contributed by atoms with Crippen LogP contribution in [0.5, 0.6) is 0 Å². The van der Waals surface area contributed by atoms with Gasteiger partial charge < -0.3 is 5.32 Å². The normalized spacial score (nSPS) is 40.4. The number of hydrogen-bond acceptors (Lipinski definition) is 4. The molecular weight excluding hydrogens is 414 g/mol. The Morgan fingerprint density at radius 1 is 1.22 bits per heavy atom. The minimum atomic E-state index is -0.00878. The molecule has 5 heteroatoms. The molecule has 4 nitrogen and oxygen atoms in total. The second-order valence-electron chi connectivity index (χ2n) is 12.3. The lowest BCUT2D eigenvalue weighted by Crippen LogP contribution is -2.54. The number of amides is 1. The lowest BCUT2D eigenvalue weighted by Gasteiger charge is -2.59. The van der Waals surface area contributed by atoms with Gasteiger partial charge in [0.1, 0.15) is 0 Å². The van der Waals surface area contributed by atoms with Gasteiger partial charge in [-0.2, -0.15) is 0 Å². The molecule has 1 N–H and O–H groups in total. The standard InChI is InChI=1S/C27H41N3OS/c1-7-14-28-24(31)16(2)18-9-10-19-17-8-11-22-25(3,4)23-21(32-30-29-23)15-27(22,6)20(17)12-13-26(18,19)5/h11,16-20H,7-10,12-15H2,1-6H3,(H,28,31)/t16-,17-,18+,19-,20-,26+,27+/m0/s1. The van der Waals surface area contributed by atoms with E-state index in [4.69, 9.17) is 0 Å². The maximum absolute atomic E-state index is 12.9. The molecule has 176 valence electrons. The molecule has 0 saturated heterocycles. The fourth-order valence-electron chi connectivity index (χ4n) is 9.00. The highest BCUT2D eigenvalue weighted by molar-refractivity contribution is 7.05. The van der Waals surface area contributed by atoms with E-state index in [0.717, 1.165) is 37.1 Å². The number of hydrogen-bond donors (Lipinski definition) is 1. The van der Waals surface area contributed by atoms with Gasteiger partial charge in [0.25, 0.3) is 0 Å². The van der Waals surface area contributed by atoms with Gasteiger partial charge in [-0.15, -0.1) is 5.10 Å². The highest BCUT2D eigenvalue weighted by Gasteiger charge is 2.61. The van der Waals surface area contributed by atoms with Crippen molar-refractivity contribution in [3.05, 3.63) is 22.2 Å². The molecule has 5 rings (SSSR count). The smallest absolute Gasteiger partial charge is 0.223 e. The molecule has 1 amide bonds. The lowest BCUT2D eigenvalue weighted by molar-refractivity contribution is -0.129. The summed E-state index contributed by atoms with van der Waals surface area (Å²) in [5.41, 5.74) is 3.35. The molecule has 7 atom stereocenters. The Labute approximate surface area is 198 Å². The summed E-state index contributed by atoms with van der Waals surface area (Å²) in [5.74, 6) is 3.14. The third-order valence-electron chi connectivity index (χ3n) is 10.5. The number of fused-ring (bicyclic) bond motifs is 6. The average Bonchev–Trinajstić information content (AvgIpc) is 3.35. The summed E-state index contributed by atoms with van der Waals surface area (Å²) in [5, 5.41) is 7.73. The highest BCUT2D eigenvalue weighted by Crippen LogP contribution is 2.68. The van der Waals surface area contributed by atoms with Crippen molar-refractivity contribution in [3.63, 3.8) is 0 Å². The van der Waals surface area contributed by atoms with E-state index in [1.807, 2.05) is 0 Å². The zero-order valence-corrected chi connectivity index (χ0v) is 21.6. The molecule has 0 aliphatic heterocycles. The van der Waals surface area contributed by atoms with Gasteiger partial charge in [0, 0.05) is 17.9 Å². The SMILES string of the molecule is CCCNC(=O)[C@@H](C)[C@H]1CC[C@H]2[C@@H]3CC=C4C(C)(C)c5nnsc5C[C@]4(C)[C@H]3CC[C@]12C. The Morgan fingerprint density at radius 2 is 2.00 bits per heavy atom. The van der Waals surface area contributed by atoms with Crippen LogP contribution in [0.15, 0.2) is 11.6 Å². The first-order chi connectivity index (χ1) is 15.1. The zero-order valence-electron chi connectivity index (χ0n) is 20.8. The Kier molecular flexibility index (Phi) is 5.39. The molecule has 0 unspecified atom stereocenters. The van der Waals surface area contributed by atoms with Crippen LogP contribution in [-0.4, -0.2) is 22.0 Å². The molecule has 0 spiro atoms. The van der Waals surface area contributed by atoms with E-state index in [0.29, 0.717) is 11.3 Å². The third-order valence-corrected chi connectivity index (χ3v) is 11.2. The quantitative estimate of drug-likeness (QED) is 0.573. The summed E-state index contributed by atoms with van der Waals surface area (Å²) in [6.07, 6.45) is 11.0. The summed E-state index contributed by atoms with van der Waals surface area (Å²) in [6, 6.07) is 0. The molecule has 1 heterocycles. The third kappa shape index (κ3) is 3.02. The van der Waals surface area contributed by atoms with Gasteiger partial charge in [-0.05, 0) is 91.0 Å². The molecule has 0 bridgehead atoms. The van der Waals surface area contributed by atoms with Gasteiger partial charge in [0.2, 0.25) is 5.91 Å². The summed E-state index contributed by atoms with van der Waals surface area (Å²) >= 11 is 1.62. The van der Waals surface area contributed by atoms with Crippen LogP contribution in [-0.2, 0) is 16.6 Å². The topological polar surface area (TPSA) is 54.9 Å².